The van der Waals surface area contributed by atoms with Gasteiger partial charge in [0, 0.05) is 12.2 Å². The van der Waals surface area contributed by atoms with Crippen molar-refractivity contribution >= 4 is 21.6 Å². The smallest absolute Gasteiger partial charge is 0.137 e. The molecule has 16 heavy (non-hydrogen) atoms. The molecule has 0 amide bonds. The topological polar surface area (TPSA) is 21.3 Å². The average molecular weight is 290 g/mol. The van der Waals surface area contributed by atoms with E-state index in [0.29, 0.717) is 11.1 Å². The number of nitrogens with one attached hydrogen (secondary N) is 1. The lowest BCUT2D eigenvalue weighted by Gasteiger charge is -2.12. The largest absolute Gasteiger partial charge is 0.382 e. The van der Waals surface area contributed by atoms with Gasteiger partial charge in [-0.25, -0.2) is 4.39 Å². The summed E-state index contributed by atoms with van der Waals surface area (Å²) >= 11 is 3.17. The fourth-order valence-corrected chi connectivity index (χ4v) is 1.66. The van der Waals surface area contributed by atoms with Crippen LogP contribution in [0.15, 0.2) is 16.6 Å². The minimum Gasteiger partial charge on any atom is -0.382 e. The first-order valence-electron chi connectivity index (χ1n) is 5.32. The molecule has 0 aliphatic rings. The van der Waals surface area contributed by atoms with E-state index in [1.54, 1.807) is 6.07 Å². The van der Waals surface area contributed by atoms with E-state index in [4.69, 9.17) is 4.74 Å². The summed E-state index contributed by atoms with van der Waals surface area (Å²) in [7, 11) is 0. The van der Waals surface area contributed by atoms with E-state index in [2.05, 4.69) is 21.2 Å². The van der Waals surface area contributed by atoms with E-state index in [0.717, 1.165) is 17.8 Å². The first kappa shape index (κ1) is 13.5. The van der Waals surface area contributed by atoms with E-state index >= 15 is 0 Å². The van der Waals surface area contributed by atoms with Crippen molar-refractivity contribution in [1.29, 1.82) is 0 Å². The van der Waals surface area contributed by atoms with Crippen LogP contribution in [-0.4, -0.2) is 19.3 Å². The second-order valence-electron chi connectivity index (χ2n) is 3.93. The van der Waals surface area contributed by atoms with Gasteiger partial charge in [0.05, 0.1) is 17.2 Å². The molecule has 1 aromatic rings. The van der Waals surface area contributed by atoms with Gasteiger partial charge < -0.3 is 10.1 Å². The van der Waals surface area contributed by atoms with Gasteiger partial charge in [0.15, 0.2) is 0 Å². The molecule has 2 nitrogen and oxygen atoms in total. The number of hydrogen-bond acceptors (Lipinski definition) is 2. The fraction of sp³-hybridized carbons (Fsp3) is 0.500. The van der Waals surface area contributed by atoms with Crippen molar-refractivity contribution < 1.29 is 9.13 Å². The molecule has 0 saturated heterocycles. The molecule has 0 aliphatic heterocycles. The quantitative estimate of drug-likeness (QED) is 0.834. The summed E-state index contributed by atoms with van der Waals surface area (Å²) in [6.07, 6.45) is 0.239. The highest BCUT2D eigenvalue weighted by Crippen LogP contribution is 2.23. The third-order valence-electron chi connectivity index (χ3n) is 2.14. The Hall–Kier alpha value is -0.610. The van der Waals surface area contributed by atoms with Gasteiger partial charge in [-0.1, -0.05) is 0 Å². The molecule has 0 aliphatic carbocycles. The molecule has 0 heterocycles. The molecule has 0 radical (unpaired) electrons. The van der Waals surface area contributed by atoms with Gasteiger partial charge in [0.1, 0.15) is 5.82 Å². The van der Waals surface area contributed by atoms with E-state index < -0.39 is 0 Å². The van der Waals surface area contributed by atoms with Crippen LogP contribution in [0.5, 0.6) is 0 Å². The minimum atomic E-state index is -0.235. The molecule has 0 unspecified atom stereocenters. The third kappa shape index (κ3) is 4.10. The van der Waals surface area contributed by atoms with Crippen LogP contribution in [0.2, 0.25) is 0 Å². The molecule has 0 spiro atoms. The van der Waals surface area contributed by atoms with Crippen LogP contribution in [0.3, 0.4) is 0 Å². The second kappa shape index (κ2) is 6.21. The van der Waals surface area contributed by atoms with Crippen LogP contribution < -0.4 is 5.32 Å². The highest BCUT2D eigenvalue weighted by molar-refractivity contribution is 9.10. The maximum Gasteiger partial charge on any atom is 0.137 e. The number of rotatable bonds is 5. The Morgan fingerprint density at radius 1 is 1.44 bits per heavy atom. The summed E-state index contributed by atoms with van der Waals surface area (Å²) in [5.74, 6) is -0.235. The molecular weight excluding hydrogens is 273 g/mol. The molecule has 0 aromatic heterocycles. The Morgan fingerprint density at radius 3 is 2.75 bits per heavy atom. The number of ether oxygens (including phenoxy) is 1. The van der Waals surface area contributed by atoms with E-state index in [1.807, 2.05) is 20.8 Å². The molecule has 1 aromatic carbocycles. The van der Waals surface area contributed by atoms with E-state index in [-0.39, 0.29) is 11.9 Å². The first-order chi connectivity index (χ1) is 7.50. The molecule has 1 rings (SSSR count). The SMILES string of the molecule is Cc1cc(F)c(Br)cc1NCCOC(C)C. The second-order valence-corrected chi connectivity index (χ2v) is 4.78. The van der Waals surface area contributed by atoms with Crippen molar-refractivity contribution in [2.75, 3.05) is 18.5 Å². The summed E-state index contributed by atoms with van der Waals surface area (Å²) in [4.78, 5) is 0. The average Bonchev–Trinajstić information content (AvgIpc) is 2.19. The summed E-state index contributed by atoms with van der Waals surface area (Å²) < 4.78 is 19.0. The van der Waals surface area contributed by atoms with Crippen LogP contribution in [0.25, 0.3) is 0 Å². The molecule has 1 N–H and O–H groups in total. The van der Waals surface area contributed by atoms with Gasteiger partial charge in [0.25, 0.3) is 0 Å². The standard InChI is InChI=1S/C12H17BrFNO/c1-8(2)16-5-4-15-12-7-10(13)11(14)6-9(12)3/h6-8,15H,4-5H2,1-3H3. The lowest BCUT2D eigenvalue weighted by atomic mass is 10.2. The summed E-state index contributed by atoms with van der Waals surface area (Å²) in [6.45, 7) is 7.24. The van der Waals surface area contributed by atoms with Gasteiger partial charge in [-0.2, -0.15) is 0 Å². The molecule has 0 fully saturated rings. The fourth-order valence-electron chi connectivity index (χ4n) is 1.32. The van der Waals surface area contributed by atoms with Gasteiger partial charge in [-0.15, -0.1) is 0 Å². The molecule has 0 saturated carbocycles. The van der Waals surface area contributed by atoms with Crippen molar-refractivity contribution in [3.05, 3.63) is 28.0 Å². The van der Waals surface area contributed by atoms with Gasteiger partial charge in [-0.3, -0.25) is 0 Å². The highest BCUT2D eigenvalue weighted by atomic mass is 79.9. The van der Waals surface area contributed by atoms with Crippen LogP contribution in [0.1, 0.15) is 19.4 Å². The maximum atomic E-state index is 13.2. The van der Waals surface area contributed by atoms with Crippen molar-refractivity contribution in [3.8, 4) is 0 Å². The molecule has 4 heteroatoms. The number of halogens is 2. The molecule has 90 valence electrons. The molecule has 0 bridgehead atoms. The monoisotopic (exact) mass is 289 g/mol. The molecular formula is C12H17BrFNO. The number of hydrogen-bond donors (Lipinski definition) is 1. The van der Waals surface area contributed by atoms with Gasteiger partial charge >= 0.3 is 0 Å². The molecule has 0 atom stereocenters. The van der Waals surface area contributed by atoms with Crippen LogP contribution in [-0.2, 0) is 4.74 Å². The zero-order chi connectivity index (χ0) is 12.1. The van der Waals surface area contributed by atoms with Crippen LogP contribution in [0.4, 0.5) is 10.1 Å². The Kier molecular flexibility index (Phi) is 5.22. The number of benzene rings is 1. The maximum absolute atomic E-state index is 13.2. The Balaban J connectivity index is 2.51. The minimum absolute atomic E-state index is 0.235. The zero-order valence-corrected chi connectivity index (χ0v) is 11.4. The highest BCUT2D eigenvalue weighted by Gasteiger charge is 2.04. The first-order valence-corrected chi connectivity index (χ1v) is 6.11. The van der Waals surface area contributed by atoms with Gasteiger partial charge in [0.2, 0.25) is 0 Å². The van der Waals surface area contributed by atoms with E-state index in [9.17, 15) is 4.39 Å². The predicted molar refractivity (Wildman–Crippen MR) is 68.4 cm³/mol. The Bertz CT molecular complexity index is 355. The van der Waals surface area contributed by atoms with Crippen molar-refractivity contribution in [2.24, 2.45) is 0 Å². The normalized spacial score (nSPS) is 10.9. The lowest BCUT2D eigenvalue weighted by molar-refractivity contribution is 0.0870. The Labute approximate surface area is 104 Å². The summed E-state index contributed by atoms with van der Waals surface area (Å²) in [5.41, 5.74) is 1.82. The van der Waals surface area contributed by atoms with Crippen LogP contribution >= 0.6 is 15.9 Å². The van der Waals surface area contributed by atoms with Crippen molar-refractivity contribution in [3.63, 3.8) is 0 Å². The summed E-state index contributed by atoms with van der Waals surface area (Å²) in [5, 5.41) is 3.21. The van der Waals surface area contributed by atoms with Crippen LogP contribution in [0, 0.1) is 12.7 Å². The number of anilines is 1. The third-order valence-corrected chi connectivity index (χ3v) is 2.74. The van der Waals surface area contributed by atoms with Crippen molar-refractivity contribution in [1.82, 2.24) is 0 Å². The Morgan fingerprint density at radius 2 is 2.12 bits per heavy atom. The van der Waals surface area contributed by atoms with E-state index in [1.165, 1.54) is 6.07 Å². The number of aryl methyl sites for hydroxylation is 1. The zero-order valence-electron chi connectivity index (χ0n) is 9.81. The lowest BCUT2D eigenvalue weighted by Crippen LogP contribution is -2.13. The van der Waals surface area contributed by atoms with Crippen molar-refractivity contribution in [2.45, 2.75) is 26.9 Å². The van der Waals surface area contributed by atoms with Gasteiger partial charge in [-0.05, 0) is 54.4 Å². The summed E-state index contributed by atoms with van der Waals surface area (Å²) in [6, 6.07) is 3.26. The predicted octanol–water partition coefficient (Wildman–Crippen LogP) is 3.73.